The van der Waals surface area contributed by atoms with Crippen molar-refractivity contribution < 1.29 is 8.42 Å². The van der Waals surface area contributed by atoms with Crippen LogP contribution < -0.4 is 4.90 Å². The molecule has 1 fully saturated rings. The van der Waals surface area contributed by atoms with Gasteiger partial charge in [-0.15, -0.1) is 0 Å². The van der Waals surface area contributed by atoms with E-state index in [1.807, 2.05) is 0 Å². The normalized spacial score (nSPS) is 16.4. The summed E-state index contributed by atoms with van der Waals surface area (Å²) in [6, 6.07) is 12.6. The molecule has 3 rings (SSSR count). The number of sulfonamides is 1. The van der Waals surface area contributed by atoms with Gasteiger partial charge in [0.2, 0.25) is 10.0 Å². The van der Waals surface area contributed by atoms with Gasteiger partial charge < -0.3 is 4.90 Å². The molecule has 4 nitrogen and oxygen atoms in total. The van der Waals surface area contributed by atoms with Crippen molar-refractivity contribution in [3.8, 4) is 0 Å². The first-order chi connectivity index (χ1) is 11.4. The molecule has 0 aromatic heterocycles. The van der Waals surface area contributed by atoms with Crippen LogP contribution in [0.25, 0.3) is 0 Å². The quantitative estimate of drug-likeness (QED) is 0.837. The van der Waals surface area contributed by atoms with Crippen molar-refractivity contribution in [3.63, 3.8) is 0 Å². The van der Waals surface area contributed by atoms with Gasteiger partial charge in [0.15, 0.2) is 0 Å². The number of nitrogens with zero attached hydrogens (tertiary/aromatic N) is 2. The van der Waals surface area contributed by atoms with Gasteiger partial charge in [-0.3, -0.25) is 0 Å². The second-order valence-corrected chi connectivity index (χ2v) is 8.44. The van der Waals surface area contributed by atoms with Gasteiger partial charge in [0.05, 0.1) is 4.90 Å². The van der Waals surface area contributed by atoms with Gasteiger partial charge in [-0.2, -0.15) is 4.31 Å². The maximum atomic E-state index is 12.7. The number of halogens is 1. The zero-order valence-electron chi connectivity index (χ0n) is 13.9. The van der Waals surface area contributed by atoms with Crippen molar-refractivity contribution in [1.82, 2.24) is 4.31 Å². The van der Waals surface area contributed by atoms with E-state index >= 15 is 0 Å². The molecule has 1 saturated heterocycles. The van der Waals surface area contributed by atoms with Gasteiger partial charge in [-0.25, -0.2) is 8.42 Å². The Morgan fingerprint density at radius 1 is 0.917 bits per heavy atom. The van der Waals surface area contributed by atoms with Crippen molar-refractivity contribution >= 4 is 27.3 Å². The van der Waals surface area contributed by atoms with Crippen molar-refractivity contribution in [2.24, 2.45) is 0 Å². The summed E-state index contributed by atoms with van der Waals surface area (Å²) in [6.45, 7) is 6.56. The molecule has 0 amide bonds. The van der Waals surface area contributed by atoms with Crippen molar-refractivity contribution in [1.29, 1.82) is 0 Å². The lowest BCUT2D eigenvalue weighted by atomic mass is 10.1. The molecule has 2 aromatic rings. The van der Waals surface area contributed by atoms with Crippen LogP contribution in [-0.4, -0.2) is 38.9 Å². The van der Waals surface area contributed by atoms with E-state index in [0.29, 0.717) is 36.1 Å². The number of hydrogen-bond acceptors (Lipinski definition) is 3. The predicted molar refractivity (Wildman–Crippen MR) is 98.3 cm³/mol. The fourth-order valence-corrected chi connectivity index (χ4v) is 4.55. The molecular weight excluding hydrogens is 344 g/mol. The van der Waals surface area contributed by atoms with E-state index in [2.05, 4.69) is 36.9 Å². The first kappa shape index (κ1) is 17.3. The average Bonchev–Trinajstić information content (AvgIpc) is 2.58. The van der Waals surface area contributed by atoms with Gasteiger partial charge in [-0.05, 0) is 55.3 Å². The van der Waals surface area contributed by atoms with Crippen LogP contribution in [0.5, 0.6) is 0 Å². The molecule has 0 atom stereocenters. The number of hydrogen-bond donors (Lipinski definition) is 0. The minimum atomic E-state index is -3.45. The van der Waals surface area contributed by atoms with Crippen LogP contribution in [0.1, 0.15) is 11.1 Å². The molecule has 1 aliphatic heterocycles. The molecule has 128 valence electrons. The molecular formula is C18H21ClN2O2S. The molecule has 0 spiro atoms. The molecule has 24 heavy (non-hydrogen) atoms. The van der Waals surface area contributed by atoms with Crippen LogP contribution in [-0.2, 0) is 10.0 Å². The Kier molecular flexibility index (Phi) is 4.85. The lowest BCUT2D eigenvalue weighted by molar-refractivity contribution is 0.384. The van der Waals surface area contributed by atoms with E-state index in [9.17, 15) is 8.42 Å². The Bertz CT molecular complexity index is 827. The van der Waals surface area contributed by atoms with Crippen LogP contribution in [0.15, 0.2) is 47.4 Å². The third kappa shape index (κ3) is 3.29. The minimum Gasteiger partial charge on any atom is -0.369 e. The first-order valence-electron chi connectivity index (χ1n) is 7.96. The first-order valence-corrected chi connectivity index (χ1v) is 9.78. The number of anilines is 1. The predicted octanol–water partition coefficient (Wildman–Crippen LogP) is 3.47. The van der Waals surface area contributed by atoms with Crippen LogP contribution in [0, 0.1) is 13.8 Å². The van der Waals surface area contributed by atoms with Gasteiger partial charge in [0.25, 0.3) is 0 Å². The van der Waals surface area contributed by atoms with Crippen molar-refractivity contribution in [2.75, 3.05) is 31.1 Å². The number of aryl methyl sites for hydroxylation is 1. The summed E-state index contributed by atoms with van der Waals surface area (Å²) in [7, 11) is -3.45. The highest BCUT2D eigenvalue weighted by atomic mass is 35.5. The highest BCUT2D eigenvalue weighted by Gasteiger charge is 2.28. The average molecular weight is 365 g/mol. The van der Waals surface area contributed by atoms with Gasteiger partial charge in [0, 0.05) is 36.9 Å². The summed E-state index contributed by atoms with van der Waals surface area (Å²) < 4.78 is 27.0. The van der Waals surface area contributed by atoms with E-state index in [1.165, 1.54) is 16.8 Å². The molecule has 6 heteroatoms. The lowest BCUT2D eigenvalue weighted by Crippen LogP contribution is -2.48. The molecule has 0 radical (unpaired) electrons. The smallest absolute Gasteiger partial charge is 0.243 e. The minimum absolute atomic E-state index is 0.298. The topological polar surface area (TPSA) is 40.6 Å². The van der Waals surface area contributed by atoms with Gasteiger partial charge in [-0.1, -0.05) is 23.7 Å². The van der Waals surface area contributed by atoms with Crippen LogP contribution >= 0.6 is 11.6 Å². The fourth-order valence-electron chi connectivity index (χ4n) is 3.00. The molecule has 1 aliphatic rings. The molecule has 2 aromatic carbocycles. The Morgan fingerprint density at radius 3 is 2.17 bits per heavy atom. The lowest BCUT2D eigenvalue weighted by Gasteiger charge is -2.36. The maximum Gasteiger partial charge on any atom is 0.243 e. The van der Waals surface area contributed by atoms with E-state index in [0.717, 1.165) is 0 Å². The van der Waals surface area contributed by atoms with Gasteiger partial charge in [0.1, 0.15) is 0 Å². The van der Waals surface area contributed by atoms with E-state index in [-0.39, 0.29) is 0 Å². The fraction of sp³-hybridized carbons (Fsp3) is 0.333. The van der Waals surface area contributed by atoms with Gasteiger partial charge >= 0.3 is 0 Å². The molecule has 0 unspecified atom stereocenters. The molecule has 0 saturated carbocycles. The van der Waals surface area contributed by atoms with Crippen LogP contribution in [0.4, 0.5) is 5.69 Å². The summed E-state index contributed by atoms with van der Waals surface area (Å²) in [5, 5.41) is 0.536. The van der Waals surface area contributed by atoms with Crippen LogP contribution in [0.3, 0.4) is 0 Å². The van der Waals surface area contributed by atoms with E-state index < -0.39 is 10.0 Å². The highest BCUT2D eigenvalue weighted by Crippen LogP contribution is 2.26. The number of rotatable bonds is 3. The molecule has 1 heterocycles. The molecule has 0 bridgehead atoms. The zero-order chi connectivity index (χ0) is 17.3. The zero-order valence-corrected chi connectivity index (χ0v) is 15.4. The largest absolute Gasteiger partial charge is 0.369 e. The summed E-state index contributed by atoms with van der Waals surface area (Å²) in [4.78, 5) is 2.56. The summed E-state index contributed by atoms with van der Waals surface area (Å²) in [5.74, 6) is 0. The second kappa shape index (κ2) is 6.75. The third-order valence-electron chi connectivity index (χ3n) is 4.61. The monoisotopic (exact) mass is 364 g/mol. The summed E-state index contributed by atoms with van der Waals surface area (Å²) in [6.07, 6.45) is 0. The Labute approximate surface area is 148 Å². The Hall–Kier alpha value is -1.56. The maximum absolute atomic E-state index is 12.7. The van der Waals surface area contributed by atoms with E-state index in [4.69, 9.17) is 11.6 Å². The Morgan fingerprint density at radius 2 is 1.54 bits per heavy atom. The summed E-state index contributed by atoms with van der Waals surface area (Å²) >= 11 is 5.85. The molecule has 0 N–H and O–H groups in total. The SMILES string of the molecule is Cc1cccc(N2CCN(S(=O)(=O)c3ccc(Cl)cc3)CC2)c1C. The summed E-state index contributed by atoms with van der Waals surface area (Å²) in [5.41, 5.74) is 3.70. The Balaban J connectivity index is 1.75. The second-order valence-electron chi connectivity index (χ2n) is 6.06. The standard InChI is InChI=1S/C18H21ClN2O2S/c1-14-4-3-5-18(15(14)2)20-10-12-21(13-11-20)24(22,23)17-8-6-16(19)7-9-17/h3-9H,10-13H2,1-2H3. The molecule has 0 aliphatic carbocycles. The van der Waals surface area contributed by atoms with Crippen molar-refractivity contribution in [2.45, 2.75) is 18.7 Å². The number of benzene rings is 2. The van der Waals surface area contributed by atoms with E-state index in [1.54, 1.807) is 28.6 Å². The highest BCUT2D eigenvalue weighted by molar-refractivity contribution is 7.89. The number of piperazine rings is 1. The third-order valence-corrected chi connectivity index (χ3v) is 6.77. The van der Waals surface area contributed by atoms with Crippen molar-refractivity contribution in [3.05, 3.63) is 58.6 Å². The van der Waals surface area contributed by atoms with Crippen LogP contribution in [0.2, 0.25) is 5.02 Å².